The minimum absolute atomic E-state index is 0.183. The molecular weight excluding hydrogens is 574 g/mol. The normalized spacial score (nSPS) is 11.5. The third kappa shape index (κ3) is 6.42. The summed E-state index contributed by atoms with van der Waals surface area (Å²) in [6.45, 7) is 9.41. The zero-order valence-corrected chi connectivity index (χ0v) is 25.0. The van der Waals surface area contributed by atoms with E-state index < -0.39 is 5.97 Å². The largest absolute Gasteiger partial charge is 0.496 e. The number of ether oxygens (including phenoxy) is 3. The van der Waals surface area contributed by atoms with Crippen LogP contribution < -0.4 is 15.0 Å². The molecule has 0 unspecified atom stereocenters. The lowest BCUT2D eigenvalue weighted by molar-refractivity contribution is -0.149. The number of esters is 1. The first-order valence-corrected chi connectivity index (χ1v) is 13.7. The molecule has 0 aliphatic rings. The Hall–Kier alpha value is -3.98. The standard InChI is InChI=1S/C31H32BrN3O5/c1-18(2)24-15-25(20(5)13-28(24)38-6)30-34-26-10-8-7-9-23(26)31(37)35(30)33-16-21-14-22(32)11-12-27(21)39-17-29(36)40-19(3)4/h7-16,18-19H,17H2,1-6H3. The van der Waals surface area contributed by atoms with Gasteiger partial charge in [0.15, 0.2) is 12.4 Å². The van der Waals surface area contributed by atoms with E-state index in [9.17, 15) is 9.59 Å². The van der Waals surface area contributed by atoms with Gasteiger partial charge in [-0.1, -0.05) is 41.9 Å². The number of benzene rings is 3. The summed E-state index contributed by atoms with van der Waals surface area (Å²) in [4.78, 5) is 30.7. The number of nitrogens with zero attached hydrogens (tertiary/aromatic N) is 3. The van der Waals surface area contributed by atoms with Crippen molar-refractivity contribution in [2.75, 3.05) is 13.7 Å². The molecule has 4 rings (SSSR count). The van der Waals surface area contributed by atoms with Gasteiger partial charge in [0.05, 0.1) is 30.3 Å². The van der Waals surface area contributed by atoms with Crippen molar-refractivity contribution in [2.24, 2.45) is 5.10 Å². The van der Waals surface area contributed by atoms with Crippen molar-refractivity contribution in [2.45, 2.75) is 46.6 Å². The SMILES string of the molecule is COc1cc(C)c(-c2nc3ccccc3c(=O)n2N=Cc2cc(Br)ccc2OCC(=O)OC(C)C)cc1C(C)C. The maximum absolute atomic E-state index is 13.7. The van der Waals surface area contributed by atoms with Crippen LogP contribution in [0, 0.1) is 6.92 Å². The van der Waals surface area contributed by atoms with Crippen molar-refractivity contribution in [3.05, 3.63) is 86.1 Å². The van der Waals surface area contributed by atoms with Gasteiger partial charge in [-0.3, -0.25) is 4.79 Å². The number of fused-ring (bicyclic) bond motifs is 1. The molecule has 8 nitrogen and oxygen atoms in total. The monoisotopic (exact) mass is 605 g/mol. The summed E-state index contributed by atoms with van der Waals surface area (Å²) in [7, 11) is 1.65. The molecule has 0 aliphatic heterocycles. The summed E-state index contributed by atoms with van der Waals surface area (Å²) in [5.74, 6) is 1.30. The van der Waals surface area contributed by atoms with E-state index in [1.807, 2.05) is 31.2 Å². The Kier molecular flexibility index (Phi) is 9.04. The number of hydrogen-bond acceptors (Lipinski definition) is 7. The topological polar surface area (TPSA) is 92.0 Å². The Labute approximate surface area is 241 Å². The summed E-state index contributed by atoms with van der Waals surface area (Å²) in [6.07, 6.45) is 1.28. The van der Waals surface area contributed by atoms with E-state index in [0.29, 0.717) is 28.0 Å². The number of carbonyl (C=O) groups excluding carboxylic acids is 1. The molecule has 0 fully saturated rings. The Morgan fingerprint density at radius 1 is 1.07 bits per heavy atom. The molecule has 40 heavy (non-hydrogen) atoms. The summed E-state index contributed by atoms with van der Waals surface area (Å²) < 4.78 is 18.6. The van der Waals surface area contributed by atoms with Crippen LogP contribution in [0.3, 0.4) is 0 Å². The van der Waals surface area contributed by atoms with Gasteiger partial charge in [0.2, 0.25) is 0 Å². The van der Waals surface area contributed by atoms with Gasteiger partial charge in [0, 0.05) is 15.6 Å². The lowest BCUT2D eigenvalue weighted by Crippen LogP contribution is -2.21. The maximum Gasteiger partial charge on any atom is 0.344 e. The Bertz CT molecular complexity index is 1640. The summed E-state index contributed by atoms with van der Waals surface area (Å²) in [5.41, 5.74) is 3.49. The highest BCUT2D eigenvalue weighted by molar-refractivity contribution is 9.10. The summed E-state index contributed by atoms with van der Waals surface area (Å²) in [6, 6.07) is 16.5. The number of carbonyl (C=O) groups is 1. The molecule has 0 saturated heterocycles. The molecule has 1 aromatic heterocycles. The van der Waals surface area contributed by atoms with Gasteiger partial charge in [0.1, 0.15) is 11.5 Å². The smallest absolute Gasteiger partial charge is 0.344 e. The van der Waals surface area contributed by atoms with E-state index in [2.05, 4.69) is 34.9 Å². The number of aromatic nitrogens is 2. The molecule has 0 aliphatic carbocycles. The minimum Gasteiger partial charge on any atom is -0.496 e. The van der Waals surface area contributed by atoms with Crippen LogP contribution in [0.2, 0.25) is 0 Å². The molecule has 0 radical (unpaired) electrons. The lowest BCUT2D eigenvalue weighted by atomic mass is 9.96. The number of hydrogen-bond donors (Lipinski definition) is 0. The van der Waals surface area contributed by atoms with Crippen molar-refractivity contribution >= 4 is 39.0 Å². The van der Waals surface area contributed by atoms with Crippen molar-refractivity contribution in [3.63, 3.8) is 0 Å². The molecule has 0 N–H and O–H groups in total. The van der Waals surface area contributed by atoms with Gasteiger partial charge in [-0.25, -0.2) is 9.78 Å². The van der Waals surface area contributed by atoms with Crippen LogP contribution >= 0.6 is 15.9 Å². The zero-order chi connectivity index (χ0) is 29.0. The third-order valence-corrected chi connectivity index (χ3v) is 6.68. The summed E-state index contributed by atoms with van der Waals surface area (Å²) >= 11 is 3.48. The van der Waals surface area contributed by atoms with Crippen molar-refractivity contribution < 1.29 is 19.0 Å². The molecule has 0 amide bonds. The van der Waals surface area contributed by atoms with Gasteiger partial charge in [0.25, 0.3) is 5.56 Å². The van der Waals surface area contributed by atoms with E-state index in [-0.39, 0.29) is 24.2 Å². The van der Waals surface area contributed by atoms with E-state index in [0.717, 1.165) is 26.9 Å². The number of aryl methyl sites for hydroxylation is 1. The second-order valence-corrected chi connectivity index (χ2v) is 10.8. The average molecular weight is 607 g/mol. The van der Waals surface area contributed by atoms with Gasteiger partial charge in [-0.05, 0) is 80.3 Å². The van der Waals surface area contributed by atoms with Crippen LogP contribution in [-0.2, 0) is 9.53 Å². The van der Waals surface area contributed by atoms with E-state index >= 15 is 0 Å². The first kappa shape index (κ1) is 29.0. The number of rotatable bonds is 9. The first-order valence-electron chi connectivity index (χ1n) is 13.0. The fourth-order valence-corrected chi connectivity index (χ4v) is 4.66. The fraction of sp³-hybridized carbons (Fsp3) is 0.290. The van der Waals surface area contributed by atoms with Gasteiger partial charge in [-0.2, -0.15) is 9.78 Å². The van der Waals surface area contributed by atoms with Gasteiger partial charge < -0.3 is 14.2 Å². The van der Waals surface area contributed by atoms with Crippen LogP contribution in [-0.4, -0.2) is 41.7 Å². The highest BCUT2D eigenvalue weighted by Gasteiger charge is 2.18. The Balaban J connectivity index is 1.86. The molecule has 3 aromatic carbocycles. The van der Waals surface area contributed by atoms with Crippen molar-refractivity contribution in [1.82, 2.24) is 9.66 Å². The molecule has 0 atom stereocenters. The van der Waals surface area contributed by atoms with Crippen LogP contribution in [0.1, 0.15) is 50.3 Å². The molecule has 1 heterocycles. The Morgan fingerprint density at radius 2 is 1.82 bits per heavy atom. The number of halogens is 1. The molecule has 9 heteroatoms. The Morgan fingerprint density at radius 3 is 2.52 bits per heavy atom. The molecule has 208 valence electrons. The fourth-order valence-electron chi connectivity index (χ4n) is 4.28. The first-order chi connectivity index (χ1) is 19.1. The average Bonchev–Trinajstić information content (AvgIpc) is 2.91. The second kappa shape index (κ2) is 12.5. The molecule has 4 aromatic rings. The van der Waals surface area contributed by atoms with Crippen LogP contribution in [0.5, 0.6) is 11.5 Å². The molecule has 0 bridgehead atoms. The predicted octanol–water partition coefficient (Wildman–Crippen LogP) is 6.48. The van der Waals surface area contributed by atoms with E-state index in [1.54, 1.807) is 51.3 Å². The molecular formula is C31H32BrN3O5. The van der Waals surface area contributed by atoms with Crippen LogP contribution in [0.4, 0.5) is 0 Å². The quantitative estimate of drug-likeness (QED) is 0.160. The predicted molar refractivity (Wildman–Crippen MR) is 161 cm³/mol. The third-order valence-electron chi connectivity index (χ3n) is 6.19. The van der Waals surface area contributed by atoms with Crippen LogP contribution in [0.15, 0.2) is 69.0 Å². The highest BCUT2D eigenvalue weighted by atomic mass is 79.9. The maximum atomic E-state index is 13.7. The zero-order valence-electron chi connectivity index (χ0n) is 23.4. The molecule has 0 saturated carbocycles. The van der Waals surface area contributed by atoms with E-state index in [4.69, 9.17) is 19.2 Å². The minimum atomic E-state index is -0.478. The summed E-state index contributed by atoms with van der Waals surface area (Å²) in [5, 5.41) is 5.05. The lowest BCUT2D eigenvalue weighted by Gasteiger charge is -2.17. The highest BCUT2D eigenvalue weighted by Crippen LogP contribution is 2.34. The molecule has 0 spiro atoms. The van der Waals surface area contributed by atoms with Gasteiger partial charge in [-0.15, -0.1) is 0 Å². The number of methoxy groups -OCH3 is 1. The number of para-hydroxylation sites is 1. The van der Waals surface area contributed by atoms with E-state index in [1.165, 1.54) is 10.9 Å². The second-order valence-electron chi connectivity index (χ2n) is 9.89. The van der Waals surface area contributed by atoms with Gasteiger partial charge >= 0.3 is 5.97 Å². The van der Waals surface area contributed by atoms with Crippen molar-refractivity contribution in [3.8, 4) is 22.9 Å². The van der Waals surface area contributed by atoms with Crippen LogP contribution in [0.25, 0.3) is 22.3 Å². The van der Waals surface area contributed by atoms with Crippen molar-refractivity contribution in [1.29, 1.82) is 0 Å².